The van der Waals surface area contributed by atoms with Gasteiger partial charge in [-0.25, -0.2) is 14.4 Å². The zero-order valence-corrected chi connectivity index (χ0v) is 19.4. The maximum Gasteiger partial charge on any atom is 0.492 e. The second kappa shape index (κ2) is 8.95. The highest BCUT2D eigenvalue weighted by Crippen LogP contribution is 2.38. The number of amides is 1. The predicted molar refractivity (Wildman–Crippen MR) is 119 cm³/mol. The fraction of sp³-hybridized carbons (Fsp3) is 0.500. The van der Waals surface area contributed by atoms with E-state index in [1.807, 2.05) is 27.7 Å². The van der Waals surface area contributed by atoms with Gasteiger partial charge in [-0.2, -0.15) is 0 Å². The summed E-state index contributed by atoms with van der Waals surface area (Å²) >= 11 is 0. The number of carboxylic acids is 2. The third-order valence-electron chi connectivity index (χ3n) is 5.19. The van der Waals surface area contributed by atoms with Crippen LogP contribution >= 0.6 is 0 Å². The molecule has 3 N–H and O–H groups in total. The van der Waals surface area contributed by atoms with Crippen LogP contribution in [0.15, 0.2) is 23.7 Å². The van der Waals surface area contributed by atoms with Gasteiger partial charge in [-0.05, 0) is 77.7 Å². The van der Waals surface area contributed by atoms with Crippen LogP contribution < -0.4 is 5.32 Å². The number of rotatable bonds is 6. The molecule has 1 aliphatic heterocycles. The summed E-state index contributed by atoms with van der Waals surface area (Å²) in [6.07, 6.45) is 0.906. The van der Waals surface area contributed by atoms with Gasteiger partial charge in [0, 0.05) is 6.54 Å². The van der Waals surface area contributed by atoms with Crippen molar-refractivity contribution in [3.05, 3.63) is 40.4 Å². The van der Waals surface area contributed by atoms with Gasteiger partial charge in [-0.3, -0.25) is 0 Å². The summed E-state index contributed by atoms with van der Waals surface area (Å²) in [7, 11) is -0.850. The van der Waals surface area contributed by atoms with E-state index in [-0.39, 0.29) is 17.7 Å². The zero-order chi connectivity index (χ0) is 24.5. The van der Waals surface area contributed by atoms with Gasteiger partial charge in [-0.1, -0.05) is 6.08 Å². The molecule has 1 amide bonds. The number of aromatic carboxylic acids is 2. The van der Waals surface area contributed by atoms with Crippen molar-refractivity contribution in [2.45, 2.75) is 65.3 Å². The van der Waals surface area contributed by atoms with Crippen molar-refractivity contribution in [2.24, 2.45) is 0 Å². The first-order valence-corrected chi connectivity index (χ1v) is 10.2. The van der Waals surface area contributed by atoms with Crippen molar-refractivity contribution in [1.29, 1.82) is 0 Å². The van der Waals surface area contributed by atoms with Crippen LogP contribution in [0.5, 0.6) is 0 Å². The monoisotopic (exact) mass is 447 g/mol. The van der Waals surface area contributed by atoms with E-state index in [0.29, 0.717) is 11.0 Å². The molecule has 0 aromatic heterocycles. The lowest BCUT2D eigenvalue weighted by Crippen LogP contribution is -2.41. The second-order valence-electron chi connectivity index (χ2n) is 9.62. The molecule has 0 radical (unpaired) electrons. The Kier molecular flexibility index (Phi) is 7.11. The molecular formula is C22H30BNO8. The van der Waals surface area contributed by atoms with Crippen molar-refractivity contribution in [2.75, 3.05) is 6.54 Å². The largest absolute Gasteiger partial charge is 0.492 e. The highest BCUT2D eigenvalue weighted by molar-refractivity contribution is 6.56. The summed E-state index contributed by atoms with van der Waals surface area (Å²) in [4.78, 5) is 35.1. The molecule has 2 rings (SSSR count). The highest BCUT2D eigenvalue weighted by atomic mass is 16.7. The van der Waals surface area contributed by atoms with Crippen LogP contribution in [0.2, 0.25) is 0 Å². The third-order valence-corrected chi connectivity index (χ3v) is 5.19. The van der Waals surface area contributed by atoms with Crippen LogP contribution in [0, 0.1) is 0 Å². The van der Waals surface area contributed by atoms with E-state index in [1.54, 1.807) is 26.8 Å². The number of hydrogen-bond donors (Lipinski definition) is 3. The minimum atomic E-state index is -1.26. The van der Waals surface area contributed by atoms with Crippen molar-refractivity contribution in [3.63, 3.8) is 0 Å². The lowest BCUT2D eigenvalue weighted by atomic mass is 9.76. The molecule has 0 aliphatic carbocycles. The van der Waals surface area contributed by atoms with Gasteiger partial charge in [0.25, 0.3) is 0 Å². The van der Waals surface area contributed by atoms with E-state index in [1.165, 1.54) is 12.1 Å². The number of carbonyl (C=O) groups excluding carboxylic acids is 1. The van der Waals surface area contributed by atoms with E-state index in [9.17, 15) is 24.6 Å². The summed E-state index contributed by atoms with van der Waals surface area (Å²) in [5.41, 5.74) is -1.57. The number of alkyl carbamates (subject to hydrolysis) is 1. The number of nitrogens with one attached hydrogen (secondary N) is 1. The first kappa shape index (κ1) is 25.4. The van der Waals surface area contributed by atoms with Gasteiger partial charge in [0.15, 0.2) is 0 Å². The number of ether oxygens (including phenoxy) is 1. The first-order valence-electron chi connectivity index (χ1n) is 10.2. The van der Waals surface area contributed by atoms with Gasteiger partial charge in [0.2, 0.25) is 0 Å². The topological polar surface area (TPSA) is 131 Å². The van der Waals surface area contributed by atoms with E-state index >= 15 is 0 Å². The van der Waals surface area contributed by atoms with E-state index < -0.39 is 42.0 Å². The Morgan fingerprint density at radius 1 is 1.00 bits per heavy atom. The molecule has 0 spiro atoms. The van der Waals surface area contributed by atoms with Crippen molar-refractivity contribution < 1.29 is 38.6 Å². The van der Waals surface area contributed by atoms with E-state index in [0.717, 1.165) is 6.07 Å². The highest BCUT2D eigenvalue weighted by Gasteiger charge is 2.52. The van der Waals surface area contributed by atoms with Crippen molar-refractivity contribution in [3.8, 4) is 0 Å². The Balaban J connectivity index is 2.44. The maximum atomic E-state index is 12.2. The Morgan fingerprint density at radius 2 is 1.47 bits per heavy atom. The second-order valence-corrected chi connectivity index (χ2v) is 9.62. The lowest BCUT2D eigenvalue weighted by Gasteiger charge is -2.32. The third kappa shape index (κ3) is 6.33. The van der Waals surface area contributed by atoms with Gasteiger partial charge in [0.05, 0.1) is 22.3 Å². The molecule has 0 bridgehead atoms. The maximum absolute atomic E-state index is 12.2. The van der Waals surface area contributed by atoms with Crippen LogP contribution in [0.3, 0.4) is 0 Å². The molecule has 1 fully saturated rings. The molecule has 1 aliphatic rings. The van der Waals surface area contributed by atoms with Crippen LogP contribution in [-0.4, -0.2) is 58.7 Å². The van der Waals surface area contributed by atoms with E-state index in [4.69, 9.17) is 14.0 Å². The molecule has 174 valence electrons. The molecule has 0 atom stereocenters. The Labute approximate surface area is 187 Å². The standard InChI is InChI=1S/C22H30BNO8/c1-20(2,3)30-19(29)24-12-16(23-31-21(4,5)22(6,7)32-23)10-13-8-14(17(25)26)11-15(9-13)18(27)28/h8-11H,12H2,1-7H3,(H,24,29)(H,25,26)(H,27,28). The molecular weight excluding hydrogens is 417 g/mol. The Morgan fingerprint density at radius 3 is 1.88 bits per heavy atom. The van der Waals surface area contributed by atoms with Gasteiger partial charge in [0.1, 0.15) is 5.60 Å². The summed E-state index contributed by atoms with van der Waals surface area (Å²) in [5.74, 6) is -2.52. The van der Waals surface area contributed by atoms with Gasteiger partial charge >= 0.3 is 25.2 Å². The minimum Gasteiger partial charge on any atom is -0.478 e. The summed E-state index contributed by atoms with van der Waals surface area (Å²) < 4.78 is 17.4. The van der Waals surface area contributed by atoms with Gasteiger partial charge < -0.3 is 29.6 Å². The quantitative estimate of drug-likeness (QED) is 0.564. The molecule has 1 aromatic carbocycles. The van der Waals surface area contributed by atoms with Crippen LogP contribution in [0.4, 0.5) is 4.79 Å². The fourth-order valence-corrected chi connectivity index (χ4v) is 2.88. The van der Waals surface area contributed by atoms with Crippen LogP contribution in [-0.2, 0) is 14.0 Å². The Bertz CT molecular complexity index is 897. The average molecular weight is 447 g/mol. The zero-order valence-electron chi connectivity index (χ0n) is 19.4. The van der Waals surface area contributed by atoms with Crippen LogP contribution in [0.25, 0.3) is 6.08 Å². The SMILES string of the molecule is CC(C)(C)OC(=O)NCC(=Cc1cc(C(=O)O)cc(C(=O)O)c1)B1OC(C)(C)C(C)(C)O1. The number of hydrogen-bond acceptors (Lipinski definition) is 6. The first-order chi connectivity index (χ1) is 14.5. The normalized spacial score (nSPS) is 17.7. The number of carboxylic acid groups (broad SMARTS) is 2. The number of benzene rings is 1. The smallest absolute Gasteiger partial charge is 0.478 e. The van der Waals surface area contributed by atoms with E-state index in [2.05, 4.69) is 5.32 Å². The summed E-state index contributed by atoms with van der Waals surface area (Å²) in [6.45, 7) is 12.7. The summed E-state index contributed by atoms with van der Waals surface area (Å²) in [6, 6.07) is 3.76. The lowest BCUT2D eigenvalue weighted by molar-refractivity contribution is 0.00578. The van der Waals surface area contributed by atoms with Crippen molar-refractivity contribution in [1.82, 2.24) is 5.32 Å². The molecule has 32 heavy (non-hydrogen) atoms. The van der Waals surface area contributed by atoms with Gasteiger partial charge in [-0.15, -0.1) is 0 Å². The van der Waals surface area contributed by atoms with Crippen LogP contribution in [0.1, 0.15) is 74.7 Å². The predicted octanol–water partition coefficient (Wildman–Crippen LogP) is 3.62. The molecule has 1 saturated heterocycles. The molecule has 0 saturated carbocycles. The van der Waals surface area contributed by atoms with Crippen molar-refractivity contribution >= 4 is 31.2 Å². The Hall–Kier alpha value is -2.85. The summed E-state index contributed by atoms with van der Waals surface area (Å²) in [5, 5.41) is 21.3. The molecule has 9 nitrogen and oxygen atoms in total. The molecule has 1 heterocycles. The average Bonchev–Trinajstić information content (AvgIpc) is 2.84. The number of carbonyl (C=O) groups is 3. The minimum absolute atomic E-state index is 0.0224. The fourth-order valence-electron chi connectivity index (χ4n) is 2.88. The molecule has 10 heteroatoms. The molecule has 1 aromatic rings. The molecule has 0 unspecified atom stereocenters.